The summed E-state index contributed by atoms with van der Waals surface area (Å²) in [5.74, 6) is 0.459. The molecular formula is C23H26ClN2O2+. The molecule has 4 rings (SSSR count). The number of imide groups is 1. The molecule has 28 heavy (non-hydrogen) atoms. The van der Waals surface area contributed by atoms with Gasteiger partial charge in [-0.1, -0.05) is 48.0 Å². The van der Waals surface area contributed by atoms with E-state index in [2.05, 4.69) is 24.3 Å². The molecule has 0 radical (unpaired) electrons. The van der Waals surface area contributed by atoms with Gasteiger partial charge < -0.3 is 4.90 Å². The maximum atomic E-state index is 13.0. The van der Waals surface area contributed by atoms with Crippen LogP contribution in [0.2, 0.25) is 5.02 Å². The number of amides is 2. The molecule has 2 aromatic rings. The lowest BCUT2D eigenvalue weighted by Crippen LogP contribution is -3.17. The van der Waals surface area contributed by atoms with E-state index < -0.39 is 0 Å². The van der Waals surface area contributed by atoms with Crippen LogP contribution in [0.3, 0.4) is 0 Å². The highest BCUT2D eigenvalue weighted by molar-refractivity contribution is 6.32. The van der Waals surface area contributed by atoms with Gasteiger partial charge in [0.15, 0.2) is 6.04 Å². The first-order chi connectivity index (χ1) is 13.5. The zero-order valence-corrected chi connectivity index (χ0v) is 16.9. The second kappa shape index (κ2) is 8.06. The number of piperidine rings is 1. The second-order valence-electron chi connectivity index (χ2n) is 8.05. The topological polar surface area (TPSA) is 41.8 Å². The van der Waals surface area contributed by atoms with Crippen LogP contribution in [-0.4, -0.2) is 30.9 Å². The summed E-state index contributed by atoms with van der Waals surface area (Å²) < 4.78 is 0. The van der Waals surface area contributed by atoms with Gasteiger partial charge in [0.1, 0.15) is 0 Å². The van der Waals surface area contributed by atoms with Crippen LogP contribution in [-0.2, 0) is 16.0 Å². The van der Waals surface area contributed by atoms with Crippen molar-refractivity contribution >= 4 is 29.1 Å². The zero-order chi connectivity index (χ0) is 19.7. The molecule has 2 aliphatic rings. The van der Waals surface area contributed by atoms with Gasteiger partial charge >= 0.3 is 0 Å². The molecule has 2 aliphatic heterocycles. The van der Waals surface area contributed by atoms with Gasteiger partial charge in [-0.2, -0.15) is 0 Å². The summed E-state index contributed by atoms with van der Waals surface area (Å²) in [5, 5.41) is 0.579. The van der Waals surface area contributed by atoms with Gasteiger partial charge in [-0.25, -0.2) is 4.90 Å². The predicted octanol–water partition coefficient (Wildman–Crippen LogP) is 2.82. The number of nitrogens with one attached hydrogen (secondary N) is 1. The molecule has 2 heterocycles. The van der Waals surface area contributed by atoms with Gasteiger partial charge in [-0.15, -0.1) is 0 Å². The Morgan fingerprint density at radius 2 is 1.79 bits per heavy atom. The molecule has 5 heteroatoms. The van der Waals surface area contributed by atoms with E-state index in [0.29, 0.717) is 23.0 Å². The van der Waals surface area contributed by atoms with Crippen molar-refractivity contribution < 1.29 is 14.5 Å². The maximum Gasteiger partial charge on any atom is 0.292 e. The number of hydrogen-bond acceptors (Lipinski definition) is 2. The largest absolute Gasteiger partial charge is 0.324 e. The van der Waals surface area contributed by atoms with Gasteiger partial charge in [0, 0.05) is 5.02 Å². The van der Waals surface area contributed by atoms with Crippen molar-refractivity contribution in [1.82, 2.24) is 0 Å². The van der Waals surface area contributed by atoms with Crippen molar-refractivity contribution in [3.8, 4) is 0 Å². The normalized spacial score (nSPS) is 25.4. The molecule has 0 spiro atoms. The van der Waals surface area contributed by atoms with Crippen molar-refractivity contribution in [2.75, 3.05) is 18.0 Å². The van der Waals surface area contributed by atoms with Gasteiger partial charge in [-0.05, 0) is 55.4 Å². The zero-order valence-electron chi connectivity index (χ0n) is 16.2. The van der Waals surface area contributed by atoms with E-state index in [4.69, 9.17) is 11.6 Å². The molecular weight excluding hydrogens is 372 g/mol. The van der Waals surface area contributed by atoms with E-state index >= 15 is 0 Å². The monoisotopic (exact) mass is 397 g/mol. The summed E-state index contributed by atoms with van der Waals surface area (Å²) in [4.78, 5) is 28.2. The number of halogens is 1. The molecule has 1 atom stereocenters. The lowest BCUT2D eigenvalue weighted by Gasteiger charge is -2.32. The fourth-order valence-corrected chi connectivity index (χ4v) is 4.67. The van der Waals surface area contributed by atoms with Crippen LogP contribution in [0.15, 0.2) is 48.5 Å². The van der Waals surface area contributed by atoms with Crippen molar-refractivity contribution in [2.24, 2.45) is 5.92 Å². The third-order valence-electron chi connectivity index (χ3n) is 6.17. The Kier molecular flexibility index (Phi) is 5.51. The molecule has 1 N–H and O–H groups in total. The molecule has 146 valence electrons. The fourth-order valence-electron chi connectivity index (χ4n) is 4.49. The Morgan fingerprint density at radius 1 is 1.07 bits per heavy atom. The first-order valence-corrected chi connectivity index (χ1v) is 10.4. The molecule has 0 saturated carbocycles. The molecule has 0 unspecified atom stereocenters. The predicted molar refractivity (Wildman–Crippen MR) is 111 cm³/mol. The molecule has 0 bridgehead atoms. The third-order valence-corrected chi connectivity index (χ3v) is 6.57. The number of likely N-dealkylation sites (tertiary alicyclic amines) is 1. The third kappa shape index (κ3) is 3.85. The standard InChI is InChI=1S/C23H25ClN2O2/c1-16-7-8-19(14-20(16)24)26-22(27)15-21(23(26)28)25-11-9-18(10-12-25)13-17-5-3-2-4-6-17/h2-8,14,18,21H,9-13,15H2,1H3/p+1/t21-/m0/s1. The minimum absolute atomic E-state index is 0.0820. The maximum absolute atomic E-state index is 13.0. The Labute approximate surface area is 171 Å². The van der Waals surface area contributed by atoms with Crippen LogP contribution in [0, 0.1) is 12.8 Å². The van der Waals surface area contributed by atoms with Crippen LogP contribution < -0.4 is 9.80 Å². The highest BCUT2D eigenvalue weighted by atomic mass is 35.5. The number of anilines is 1. The summed E-state index contributed by atoms with van der Waals surface area (Å²) >= 11 is 6.20. The number of carbonyl (C=O) groups excluding carboxylic acids is 2. The first kappa shape index (κ1) is 19.2. The summed E-state index contributed by atoms with van der Waals surface area (Å²) in [5.41, 5.74) is 2.91. The average molecular weight is 398 g/mol. The summed E-state index contributed by atoms with van der Waals surface area (Å²) in [6.45, 7) is 3.81. The number of hydrogen-bond donors (Lipinski definition) is 1. The molecule has 2 amide bonds. The van der Waals surface area contributed by atoms with Crippen LogP contribution in [0.5, 0.6) is 0 Å². The van der Waals surface area contributed by atoms with Crippen LogP contribution in [0.4, 0.5) is 5.69 Å². The molecule has 4 nitrogen and oxygen atoms in total. The van der Waals surface area contributed by atoms with Crippen LogP contribution >= 0.6 is 11.6 Å². The van der Waals surface area contributed by atoms with Crippen molar-refractivity contribution in [1.29, 1.82) is 0 Å². The Hall–Kier alpha value is -2.17. The summed E-state index contributed by atoms with van der Waals surface area (Å²) in [6.07, 6.45) is 3.58. The van der Waals surface area contributed by atoms with Crippen molar-refractivity contribution in [3.63, 3.8) is 0 Å². The number of aryl methyl sites for hydroxylation is 1. The SMILES string of the molecule is Cc1ccc(N2C(=O)C[C@H]([NH+]3CCC(Cc4ccccc4)CC3)C2=O)cc1Cl. The fraction of sp³-hybridized carbons (Fsp3) is 0.391. The number of carbonyl (C=O) groups is 2. The molecule has 2 aromatic carbocycles. The lowest BCUT2D eigenvalue weighted by atomic mass is 9.89. The van der Waals surface area contributed by atoms with Gasteiger partial charge in [-0.3, -0.25) is 9.59 Å². The van der Waals surface area contributed by atoms with E-state index in [1.54, 1.807) is 12.1 Å². The van der Waals surface area contributed by atoms with Crippen LogP contribution in [0.25, 0.3) is 0 Å². The van der Waals surface area contributed by atoms with Crippen molar-refractivity contribution in [2.45, 2.75) is 38.6 Å². The van der Waals surface area contributed by atoms with E-state index in [1.807, 2.05) is 19.1 Å². The number of quaternary nitrogens is 1. The van der Waals surface area contributed by atoms with Gasteiger partial charge in [0.25, 0.3) is 5.91 Å². The highest BCUT2D eigenvalue weighted by Crippen LogP contribution is 2.27. The van der Waals surface area contributed by atoms with E-state index in [-0.39, 0.29) is 17.9 Å². The molecule has 0 aromatic heterocycles. The second-order valence-corrected chi connectivity index (χ2v) is 8.46. The van der Waals surface area contributed by atoms with Gasteiger partial charge in [0.05, 0.1) is 25.2 Å². The molecule has 2 saturated heterocycles. The Bertz CT molecular complexity index is 875. The summed E-state index contributed by atoms with van der Waals surface area (Å²) in [7, 11) is 0. The lowest BCUT2D eigenvalue weighted by molar-refractivity contribution is -0.920. The Morgan fingerprint density at radius 3 is 2.46 bits per heavy atom. The van der Waals surface area contributed by atoms with Crippen molar-refractivity contribution in [3.05, 3.63) is 64.7 Å². The average Bonchev–Trinajstić information content (AvgIpc) is 3.00. The number of benzene rings is 2. The van der Waals surface area contributed by atoms with Crippen LogP contribution in [0.1, 0.15) is 30.4 Å². The van der Waals surface area contributed by atoms with E-state index in [0.717, 1.165) is 37.9 Å². The molecule has 0 aliphatic carbocycles. The quantitative estimate of drug-likeness (QED) is 0.806. The number of nitrogens with zero attached hydrogens (tertiary/aromatic N) is 1. The smallest absolute Gasteiger partial charge is 0.292 e. The van der Waals surface area contributed by atoms with Gasteiger partial charge in [0.2, 0.25) is 5.91 Å². The van der Waals surface area contributed by atoms with E-state index in [1.165, 1.54) is 15.4 Å². The minimum atomic E-state index is -0.259. The number of rotatable bonds is 4. The highest BCUT2D eigenvalue weighted by Gasteiger charge is 2.46. The Balaban J connectivity index is 1.40. The van der Waals surface area contributed by atoms with E-state index in [9.17, 15) is 9.59 Å². The minimum Gasteiger partial charge on any atom is -0.324 e. The molecule has 2 fully saturated rings. The summed E-state index contributed by atoms with van der Waals surface area (Å²) in [6, 6.07) is 15.7. The first-order valence-electron chi connectivity index (χ1n) is 10.0.